The molecule has 2 aromatic rings. The SMILES string of the molecule is CC(C)(C(=NNC=O)c1cc(Cl)cc(Cl)c1)n1cnc(C(F)(F)F)n1. The minimum atomic E-state index is -4.68. The van der Waals surface area contributed by atoms with E-state index in [1.807, 2.05) is 0 Å². The van der Waals surface area contributed by atoms with Crippen molar-refractivity contribution in [1.29, 1.82) is 0 Å². The largest absolute Gasteiger partial charge is 0.453 e. The van der Waals surface area contributed by atoms with Crippen molar-refractivity contribution in [3.8, 4) is 0 Å². The number of hydrogen-bond acceptors (Lipinski definition) is 4. The molecule has 2 rings (SSSR count). The van der Waals surface area contributed by atoms with Crippen molar-refractivity contribution >= 4 is 35.3 Å². The van der Waals surface area contributed by atoms with Crippen LogP contribution in [0.2, 0.25) is 10.0 Å². The van der Waals surface area contributed by atoms with Gasteiger partial charge in [-0.15, -0.1) is 5.10 Å². The number of amides is 1. The number of hydrazone groups is 1. The fourth-order valence-electron chi connectivity index (χ4n) is 2.11. The molecule has 1 amide bonds. The molecule has 6 nitrogen and oxygen atoms in total. The molecular weight excluding hydrogens is 382 g/mol. The number of benzene rings is 1. The molecular formula is C14H12Cl2F3N5O. The van der Waals surface area contributed by atoms with E-state index in [2.05, 4.69) is 20.6 Å². The smallest absolute Gasteiger partial charge is 0.277 e. The third-order valence-corrected chi connectivity index (χ3v) is 3.70. The van der Waals surface area contributed by atoms with E-state index in [0.29, 0.717) is 22.0 Å². The van der Waals surface area contributed by atoms with E-state index < -0.39 is 17.5 Å². The molecule has 0 fully saturated rings. The van der Waals surface area contributed by atoms with Gasteiger partial charge in [0.1, 0.15) is 11.9 Å². The summed E-state index contributed by atoms with van der Waals surface area (Å²) < 4.78 is 39.3. The summed E-state index contributed by atoms with van der Waals surface area (Å²) in [6.07, 6.45) is -3.42. The van der Waals surface area contributed by atoms with Crippen molar-refractivity contribution < 1.29 is 18.0 Å². The summed E-state index contributed by atoms with van der Waals surface area (Å²) in [5.41, 5.74) is 1.51. The molecule has 1 aromatic carbocycles. The van der Waals surface area contributed by atoms with Gasteiger partial charge in [0.25, 0.3) is 5.82 Å². The average Bonchev–Trinajstić information content (AvgIpc) is 2.97. The quantitative estimate of drug-likeness (QED) is 0.480. The van der Waals surface area contributed by atoms with E-state index in [9.17, 15) is 18.0 Å². The van der Waals surface area contributed by atoms with Crippen molar-refractivity contribution in [2.45, 2.75) is 25.6 Å². The molecule has 0 bridgehead atoms. The standard InChI is InChI=1S/C14H12Cl2F3N5O/c1-13(2,24-6-20-12(23-24)14(17,18)19)11(22-21-7-25)8-3-9(15)5-10(16)4-8/h3-7H,1-2H3,(H,21,25). The first-order valence-corrected chi connectivity index (χ1v) is 7.54. The highest BCUT2D eigenvalue weighted by molar-refractivity contribution is 6.35. The Balaban J connectivity index is 2.56. The lowest BCUT2D eigenvalue weighted by atomic mass is 9.92. The van der Waals surface area contributed by atoms with Crippen molar-refractivity contribution in [1.82, 2.24) is 20.2 Å². The summed E-state index contributed by atoms with van der Waals surface area (Å²) >= 11 is 12.0. The number of carbonyl (C=O) groups is 1. The summed E-state index contributed by atoms with van der Waals surface area (Å²) in [7, 11) is 0. The predicted molar refractivity (Wildman–Crippen MR) is 86.5 cm³/mol. The predicted octanol–water partition coefficient (Wildman–Crippen LogP) is 3.49. The number of rotatable bonds is 5. The van der Waals surface area contributed by atoms with Crippen LogP contribution in [-0.2, 0) is 16.5 Å². The van der Waals surface area contributed by atoms with Crippen LogP contribution in [0.1, 0.15) is 25.2 Å². The summed E-state index contributed by atoms with van der Waals surface area (Å²) in [6, 6.07) is 4.52. The number of hydrogen-bond donors (Lipinski definition) is 1. The van der Waals surface area contributed by atoms with Gasteiger partial charge in [-0.05, 0) is 32.0 Å². The molecule has 1 N–H and O–H groups in total. The lowest BCUT2D eigenvalue weighted by molar-refractivity contribution is -0.145. The maximum absolute atomic E-state index is 12.8. The maximum atomic E-state index is 12.8. The Hall–Kier alpha value is -2.13. The van der Waals surface area contributed by atoms with Crippen molar-refractivity contribution in [3.63, 3.8) is 0 Å². The van der Waals surface area contributed by atoms with Crippen LogP contribution in [0.5, 0.6) is 0 Å². The van der Waals surface area contributed by atoms with Gasteiger partial charge in [0, 0.05) is 15.6 Å². The fourth-order valence-corrected chi connectivity index (χ4v) is 2.63. The van der Waals surface area contributed by atoms with E-state index in [1.54, 1.807) is 13.8 Å². The minimum Gasteiger partial charge on any atom is -0.277 e. The second-order valence-corrected chi connectivity index (χ2v) is 6.31. The molecule has 0 aliphatic rings. The van der Waals surface area contributed by atoms with Crippen LogP contribution in [0.15, 0.2) is 29.6 Å². The Morgan fingerprint density at radius 3 is 2.32 bits per heavy atom. The molecule has 1 heterocycles. The van der Waals surface area contributed by atoms with Gasteiger partial charge in [0.15, 0.2) is 0 Å². The number of alkyl halides is 3. The Bertz CT molecular complexity index is 797. The molecule has 0 aliphatic heterocycles. The molecule has 0 aliphatic carbocycles. The Labute approximate surface area is 150 Å². The highest BCUT2D eigenvalue weighted by atomic mass is 35.5. The first kappa shape index (κ1) is 19.2. The second-order valence-electron chi connectivity index (χ2n) is 5.44. The van der Waals surface area contributed by atoms with Crippen LogP contribution in [0.3, 0.4) is 0 Å². The molecule has 134 valence electrons. The number of nitrogens with zero attached hydrogens (tertiary/aromatic N) is 4. The van der Waals surface area contributed by atoms with Crippen molar-refractivity contribution in [2.24, 2.45) is 5.10 Å². The van der Waals surface area contributed by atoms with E-state index in [1.165, 1.54) is 18.2 Å². The van der Waals surface area contributed by atoms with Gasteiger partial charge in [-0.3, -0.25) is 4.79 Å². The summed E-state index contributed by atoms with van der Waals surface area (Å²) in [4.78, 5) is 13.9. The molecule has 25 heavy (non-hydrogen) atoms. The Morgan fingerprint density at radius 1 is 1.24 bits per heavy atom. The number of aromatic nitrogens is 3. The van der Waals surface area contributed by atoms with Gasteiger partial charge in [-0.1, -0.05) is 23.2 Å². The van der Waals surface area contributed by atoms with Gasteiger partial charge in [-0.2, -0.15) is 18.3 Å². The lowest BCUT2D eigenvalue weighted by Gasteiger charge is -2.27. The van der Waals surface area contributed by atoms with Crippen LogP contribution < -0.4 is 5.43 Å². The number of nitrogens with one attached hydrogen (secondary N) is 1. The fraction of sp³-hybridized carbons (Fsp3) is 0.286. The Kier molecular flexibility index (Phi) is 5.38. The molecule has 1 aromatic heterocycles. The van der Waals surface area contributed by atoms with Crippen LogP contribution in [-0.4, -0.2) is 26.9 Å². The second kappa shape index (κ2) is 7.01. The minimum absolute atomic E-state index is 0.183. The van der Waals surface area contributed by atoms with Crippen LogP contribution in [0.25, 0.3) is 0 Å². The van der Waals surface area contributed by atoms with E-state index in [-0.39, 0.29) is 5.71 Å². The zero-order chi connectivity index (χ0) is 18.8. The lowest BCUT2D eigenvalue weighted by Crippen LogP contribution is -2.38. The van der Waals surface area contributed by atoms with Gasteiger partial charge in [-0.25, -0.2) is 15.1 Å². The highest BCUT2D eigenvalue weighted by Crippen LogP contribution is 2.29. The molecule has 0 atom stereocenters. The zero-order valence-corrected chi connectivity index (χ0v) is 14.5. The van der Waals surface area contributed by atoms with Gasteiger partial charge < -0.3 is 0 Å². The third-order valence-electron chi connectivity index (χ3n) is 3.26. The first-order chi connectivity index (χ1) is 11.6. The summed E-state index contributed by atoms with van der Waals surface area (Å²) in [6.45, 7) is 3.12. The first-order valence-electron chi connectivity index (χ1n) is 6.79. The topological polar surface area (TPSA) is 72.2 Å². The zero-order valence-electron chi connectivity index (χ0n) is 13.0. The highest BCUT2D eigenvalue weighted by Gasteiger charge is 2.38. The molecule has 0 saturated heterocycles. The monoisotopic (exact) mass is 393 g/mol. The number of carbonyl (C=O) groups excluding carboxylic acids is 1. The average molecular weight is 394 g/mol. The molecule has 0 radical (unpaired) electrons. The molecule has 11 heteroatoms. The van der Waals surface area contributed by atoms with E-state index >= 15 is 0 Å². The van der Waals surface area contributed by atoms with Crippen LogP contribution in [0.4, 0.5) is 13.2 Å². The Morgan fingerprint density at radius 2 is 1.84 bits per heavy atom. The molecule has 0 spiro atoms. The van der Waals surface area contributed by atoms with Crippen LogP contribution >= 0.6 is 23.2 Å². The summed E-state index contributed by atoms with van der Waals surface area (Å²) in [5.74, 6) is -1.28. The summed E-state index contributed by atoms with van der Waals surface area (Å²) in [5, 5.41) is 7.99. The maximum Gasteiger partial charge on any atom is 0.453 e. The third kappa shape index (κ3) is 4.29. The molecule has 0 saturated carbocycles. The van der Waals surface area contributed by atoms with Gasteiger partial charge >= 0.3 is 6.18 Å². The van der Waals surface area contributed by atoms with Gasteiger partial charge in [0.05, 0.1) is 5.71 Å². The normalized spacial score (nSPS) is 13.0. The van der Waals surface area contributed by atoms with Crippen molar-refractivity contribution in [2.75, 3.05) is 0 Å². The van der Waals surface area contributed by atoms with Crippen molar-refractivity contribution in [3.05, 3.63) is 46.0 Å². The van der Waals surface area contributed by atoms with Gasteiger partial charge in [0.2, 0.25) is 6.41 Å². The number of halogens is 5. The van der Waals surface area contributed by atoms with Crippen LogP contribution in [0, 0.1) is 0 Å². The van der Waals surface area contributed by atoms with E-state index in [0.717, 1.165) is 11.0 Å². The van der Waals surface area contributed by atoms with E-state index in [4.69, 9.17) is 23.2 Å². The molecule has 0 unspecified atom stereocenters.